The SMILES string of the molecule is CC1(CN2CCN(C(=O)OC(=O)/C=C\C(=O)OCC#Cc3ccc(C(F)(F)F)cc3)CC2)Cn2cc([N+](=O)[O-])nc2O1. The Balaban J connectivity index is 1.14. The molecule has 0 saturated carbocycles. The second kappa shape index (κ2) is 12.3. The van der Waals surface area contributed by atoms with E-state index in [9.17, 15) is 37.7 Å². The van der Waals surface area contributed by atoms with Crippen molar-refractivity contribution in [3.05, 3.63) is 63.9 Å². The number of alkyl halides is 3. The van der Waals surface area contributed by atoms with Gasteiger partial charge in [0.1, 0.15) is 11.8 Å². The first-order valence-corrected chi connectivity index (χ1v) is 12.5. The minimum Gasteiger partial charge on any atom is -0.449 e. The molecule has 222 valence electrons. The van der Waals surface area contributed by atoms with E-state index in [1.807, 2.05) is 11.8 Å². The number of benzene rings is 1. The number of fused-ring (bicyclic) bond motifs is 1. The molecule has 0 radical (unpaired) electrons. The standard InChI is InChI=1S/C26H24F3N5O8/c1-25(17-33-15-20(34(38)39)30-23(33)42-25)16-31-10-12-32(13-11-31)24(37)41-22(36)9-8-21(35)40-14-2-3-18-4-6-19(7-5-18)26(27,28)29/h4-9,15H,10-14,16-17H2,1H3/b9-8-. The number of carbonyl (C=O) groups is 3. The molecule has 1 fully saturated rings. The summed E-state index contributed by atoms with van der Waals surface area (Å²) in [5.74, 6) is 2.71. The summed E-state index contributed by atoms with van der Waals surface area (Å²) in [6.07, 6.45) is -2.53. The number of carbonyl (C=O) groups excluding carboxylic acids is 3. The largest absolute Gasteiger partial charge is 0.449 e. The van der Waals surface area contributed by atoms with Crippen molar-refractivity contribution in [3.63, 3.8) is 0 Å². The number of hydrogen-bond donors (Lipinski definition) is 0. The lowest BCUT2D eigenvalue weighted by Crippen LogP contribution is -2.54. The van der Waals surface area contributed by atoms with Gasteiger partial charge in [-0.2, -0.15) is 13.2 Å². The highest BCUT2D eigenvalue weighted by atomic mass is 19.4. The zero-order valence-corrected chi connectivity index (χ0v) is 22.1. The summed E-state index contributed by atoms with van der Waals surface area (Å²) in [6.45, 7) is 3.78. The lowest BCUT2D eigenvalue weighted by atomic mass is 10.1. The van der Waals surface area contributed by atoms with Crippen LogP contribution in [0.1, 0.15) is 18.1 Å². The van der Waals surface area contributed by atoms with Crippen molar-refractivity contribution in [3.8, 4) is 17.9 Å². The van der Waals surface area contributed by atoms with Crippen molar-refractivity contribution < 1.29 is 46.7 Å². The van der Waals surface area contributed by atoms with Crippen LogP contribution >= 0.6 is 0 Å². The molecule has 1 aromatic heterocycles. The Hall–Kier alpha value is -4.91. The smallest absolute Gasteiger partial charge is 0.417 e. The van der Waals surface area contributed by atoms with Crippen LogP contribution in [0.15, 0.2) is 42.6 Å². The minimum absolute atomic E-state index is 0.174. The zero-order chi connectivity index (χ0) is 30.5. The van der Waals surface area contributed by atoms with Gasteiger partial charge in [-0.25, -0.2) is 14.4 Å². The Labute approximate surface area is 236 Å². The maximum absolute atomic E-state index is 12.6. The van der Waals surface area contributed by atoms with Gasteiger partial charge >= 0.3 is 36.0 Å². The monoisotopic (exact) mass is 591 g/mol. The number of rotatable bonds is 6. The molecule has 1 saturated heterocycles. The quantitative estimate of drug-likeness (QED) is 0.123. The highest BCUT2D eigenvalue weighted by Gasteiger charge is 2.42. The summed E-state index contributed by atoms with van der Waals surface area (Å²) in [4.78, 5) is 53.6. The molecule has 0 spiro atoms. The number of esters is 2. The van der Waals surface area contributed by atoms with Crippen LogP contribution in [-0.2, 0) is 31.8 Å². The third-order valence-electron chi connectivity index (χ3n) is 6.22. The molecule has 1 atom stereocenters. The van der Waals surface area contributed by atoms with Crippen molar-refractivity contribution in [2.75, 3.05) is 39.3 Å². The number of halogens is 3. The molecule has 0 N–H and O–H groups in total. The van der Waals surface area contributed by atoms with E-state index in [0.717, 1.165) is 24.3 Å². The predicted molar refractivity (Wildman–Crippen MR) is 136 cm³/mol. The summed E-state index contributed by atoms with van der Waals surface area (Å²) in [5.41, 5.74) is -1.18. The Bertz CT molecular complexity index is 1430. The molecule has 13 nitrogen and oxygen atoms in total. The van der Waals surface area contributed by atoms with Crippen LogP contribution in [0, 0.1) is 22.0 Å². The molecule has 2 aliphatic heterocycles. The molecule has 4 rings (SSSR count). The first-order chi connectivity index (χ1) is 19.8. The molecule has 42 heavy (non-hydrogen) atoms. The second-order valence-corrected chi connectivity index (χ2v) is 9.59. The van der Waals surface area contributed by atoms with Crippen LogP contribution in [0.3, 0.4) is 0 Å². The van der Waals surface area contributed by atoms with Crippen LogP contribution in [0.5, 0.6) is 6.01 Å². The van der Waals surface area contributed by atoms with Crippen molar-refractivity contribution in [1.82, 2.24) is 19.4 Å². The number of imidazole rings is 1. The molecule has 0 bridgehead atoms. The Kier molecular flexibility index (Phi) is 8.81. The topological polar surface area (TPSA) is 146 Å². The van der Waals surface area contributed by atoms with Gasteiger partial charge in [0.15, 0.2) is 6.61 Å². The van der Waals surface area contributed by atoms with Crippen LogP contribution < -0.4 is 4.74 Å². The number of nitro groups is 1. The van der Waals surface area contributed by atoms with Gasteiger partial charge in [0.05, 0.1) is 12.1 Å². The average Bonchev–Trinajstić information content (AvgIpc) is 3.45. The Morgan fingerprint density at radius 1 is 1.14 bits per heavy atom. The maximum Gasteiger partial charge on any atom is 0.417 e. The fraction of sp³-hybridized carbons (Fsp3) is 0.385. The number of ether oxygens (including phenoxy) is 3. The van der Waals surface area contributed by atoms with E-state index in [-0.39, 0.29) is 31.5 Å². The molecular formula is C26H24F3N5O8. The molecule has 1 unspecified atom stereocenters. The number of hydrogen-bond acceptors (Lipinski definition) is 10. The number of aromatic nitrogens is 2. The number of piperazine rings is 1. The lowest BCUT2D eigenvalue weighted by molar-refractivity contribution is -0.389. The highest BCUT2D eigenvalue weighted by molar-refractivity contribution is 5.96. The van der Waals surface area contributed by atoms with E-state index in [1.54, 1.807) is 4.57 Å². The van der Waals surface area contributed by atoms with Crippen LogP contribution in [0.4, 0.5) is 23.8 Å². The van der Waals surface area contributed by atoms with Gasteiger partial charge in [0, 0.05) is 55.4 Å². The van der Waals surface area contributed by atoms with Gasteiger partial charge < -0.3 is 29.2 Å². The second-order valence-electron chi connectivity index (χ2n) is 9.59. The van der Waals surface area contributed by atoms with Crippen molar-refractivity contribution in [2.24, 2.45) is 0 Å². The molecule has 1 amide bonds. The number of nitrogens with zero attached hydrogens (tertiary/aromatic N) is 5. The molecule has 2 aliphatic rings. The summed E-state index contributed by atoms with van der Waals surface area (Å²) >= 11 is 0. The van der Waals surface area contributed by atoms with E-state index in [2.05, 4.69) is 16.8 Å². The van der Waals surface area contributed by atoms with Gasteiger partial charge in [-0.15, -0.1) is 0 Å². The maximum atomic E-state index is 12.6. The lowest BCUT2D eigenvalue weighted by Gasteiger charge is -2.37. The van der Waals surface area contributed by atoms with Crippen molar-refractivity contribution in [2.45, 2.75) is 25.2 Å². The van der Waals surface area contributed by atoms with E-state index in [4.69, 9.17) is 14.2 Å². The Morgan fingerprint density at radius 3 is 2.43 bits per heavy atom. The van der Waals surface area contributed by atoms with E-state index in [0.29, 0.717) is 31.7 Å². The molecule has 1 aromatic carbocycles. The van der Waals surface area contributed by atoms with Crippen LogP contribution in [0.2, 0.25) is 0 Å². The van der Waals surface area contributed by atoms with E-state index < -0.39 is 40.3 Å². The third-order valence-corrected chi connectivity index (χ3v) is 6.22. The molecule has 2 aromatic rings. The fourth-order valence-electron chi connectivity index (χ4n) is 4.28. The first kappa shape index (κ1) is 30.1. The normalized spacial score (nSPS) is 18.5. The first-order valence-electron chi connectivity index (χ1n) is 12.5. The van der Waals surface area contributed by atoms with Gasteiger partial charge in [0.2, 0.25) is 0 Å². The van der Waals surface area contributed by atoms with E-state index >= 15 is 0 Å². The zero-order valence-electron chi connectivity index (χ0n) is 22.1. The van der Waals surface area contributed by atoms with Gasteiger partial charge in [-0.1, -0.05) is 11.8 Å². The predicted octanol–water partition coefficient (Wildman–Crippen LogP) is 2.39. The molecule has 16 heteroatoms. The summed E-state index contributed by atoms with van der Waals surface area (Å²) in [6, 6.07) is 4.30. The molecular weight excluding hydrogens is 567 g/mol. The molecule has 3 heterocycles. The van der Waals surface area contributed by atoms with Crippen molar-refractivity contribution in [1.29, 1.82) is 0 Å². The third kappa shape index (κ3) is 7.85. The molecule has 0 aliphatic carbocycles. The van der Waals surface area contributed by atoms with Crippen molar-refractivity contribution >= 4 is 23.8 Å². The number of amides is 1. The highest BCUT2D eigenvalue weighted by Crippen LogP contribution is 2.32. The van der Waals surface area contributed by atoms with E-state index in [1.165, 1.54) is 23.2 Å². The summed E-state index contributed by atoms with van der Waals surface area (Å²) < 4.78 is 54.7. The van der Waals surface area contributed by atoms with Crippen LogP contribution in [-0.4, -0.2) is 87.2 Å². The van der Waals surface area contributed by atoms with Crippen LogP contribution in [0.25, 0.3) is 0 Å². The Morgan fingerprint density at radius 2 is 1.81 bits per heavy atom. The fourth-order valence-corrected chi connectivity index (χ4v) is 4.28. The average molecular weight is 591 g/mol. The summed E-state index contributed by atoms with van der Waals surface area (Å²) in [5, 5.41) is 10.9. The van der Waals surface area contributed by atoms with Gasteiger partial charge in [0.25, 0.3) is 0 Å². The van der Waals surface area contributed by atoms with Gasteiger partial charge in [-0.3, -0.25) is 9.47 Å². The minimum atomic E-state index is -4.46. The van der Waals surface area contributed by atoms with Gasteiger partial charge in [-0.05, 0) is 36.1 Å². The summed E-state index contributed by atoms with van der Waals surface area (Å²) in [7, 11) is 0.